The van der Waals surface area contributed by atoms with Crippen molar-refractivity contribution in [2.24, 2.45) is 0 Å². The second kappa shape index (κ2) is 16.7. The SMILES string of the molecule is CCCCCCCCCc1cnc(-c2ccc(OC(C)CCCCCCCC)cc2)nc1. The number of hydrogen-bond acceptors (Lipinski definition) is 3. The Morgan fingerprint density at radius 1 is 0.688 bits per heavy atom. The normalized spacial score (nSPS) is 12.1. The van der Waals surface area contributed by atoms with E-state index in [4.69, 9.17) is 4.74 Å². The van der Waals surface area contributed by atoms with Gasteiger partial charge in [0, 0.05) is 18.0 Å². The Hall–Kier alpha value is -1.90. The van der Waals surface area contributed by atoms with Crippen LogP contribution >= 0.6 is 0 Å². The minimum atomic E-state index is 0.259. The van der Waals surface area contributed by atoms with Crippen molar-refractivity contribution >= 4 is 0 Å². The lowest BCUT2D eigenvalue weighted by molar-refractivity contribution is 0.206. The van der Waals surface area contributed by atoms with E-state index in [0.29, 0.717) is 0 Å². The van der Waals surface area contributed by atoms with Crippen molar-refractivity contribution in [2.75, 3.05) is 0 Å². The van der Waals surface area contributed by atoms with Crippen LogP contribution in [0.1, 0.15) is 116 Å². The van der Waals surface area contributed by atoms with Crippen LogP contribution in [0.2, 0.25) is 0 Å². The summed E-state index contributed by atoms with van der Waals surface area (Å²) in [6.07, 6.45) is 23.8. The van der Waals surface area contributed by atoms with E-state index in [1.807, 2.05) is 24.5 Å². The Balaban J connectivity index is 1.68. The van der Waals surface area contributed by atoms with Crippen molar-refractivity contribution in [3.63, 3.8) is 0 Å². The van der Waals surface area contributed by atoms with Gasteiger partial charge >= 0.3 is 0 Å². The fourth-order valence-corrected chi connectivity index (χ4v) is 4.11. The van der Waals surface area contributed by atoms with E-state index in [-0.39, 0.29) is 6.10 Å². The van der Waals surface area contributed by atoms with Gasteiger partial charge in [0.05, 0.1) is 6.10 Å². The van der Waals surface area contributed by atoms with Crippen LogP contribution in [0.15, 0.2) is 36.7 Å². The molecule has 0 saturated heterocycles. The van der Waals surface area contributed by atoms with Crippen molar-refractivity contribution in [3.8, 4) is 17.1 Å². The predicted octanol–water partition coefficient (Wildman–Crippen LogP) is 8.95. The van der Waals surface area contributed by atoms with Crippen LogP contribution in [0.4, 0.5) is 0 Å². The summed E-state index contributed by atoms with van der Waals surface area (Å²) < 4.78 is 6.10. The second-order valence-electron chi connectivity index (χ2n) is 9.30. The van der Waals surface area contributed by atoms with Gasteiger partial charge < -0.3 is 4.74 Å². The molecule has 2 rings (SSSR count). The fraction of sp³-hybridized carbons (Fsp3) is 0.655. The molecule has 0 aliphatic heterocycles. The number of aryl methyl sites for hydroxylation is 1. The van der Waals surface area contributed by atoms with Crippen LogP contribution in [-0.2, 0) is 6.42 Å². The van der Waals surface area contributed by atoms with Crippen molar-refractivity contribution in [1.82, 2.24) is 9.97 Å². The largest absolute Gasteiger partial charge is 0.491 e. The maximum Gasteiger partial charge on any atom is 0.159 e. The smallest absolute Gasteiger partial charge is 0.159 e. The van der Waals surface area contributed by atoms with Gasteiger partial charge in [0.1, 0.15) is 5.75 Å². The monoisotopic (exact) mass is 438 g/mol. The number of unbranched alkanes of at least 4 members (excludes halogenated alkanes) is 11. The first kappa shape index (κ1) is 26.4. The molecule has 0 spiro atoms. The van der Waals surface area contributed by atoms with Gasteiger partial charge in [-0.2, -0.15) is 0 Å². The van der Waals surface area contributed by atoms with Crippen LogP contribution in [0, 0.1) is 0 Å². The maximum absolute atomic E-state index is 6.10. The van der Waals surface area contributed by atoms with Gasteiger partial charge in [0.2, 0.25) is 0 Å². The summed E-state index contributed by atoms with van der Waals surface area (Å²) in [6.45, 7) is 6.71. The van der Waals surface area contributed by atoms with Gasteiger partial charge in [-0.1, -0.05) is 84.5 Å². The zero-order chi connectivity index (χ0) is 22.9. The Morgan fingerprint density at radius 2 is 1.22 bits per heavy atom. The van der Waals surface area contributed by atoms with Gasteiger partial charge in [0.15, 0.2) is 5.82 Å². The van der Waals surface area contributed by atoms with E-state index in [1.165, 1.54) is 89.0 Å². The van der Waals surface area contributed by atoms with Gasteiger partial charge in [0.25, 0.3) is 0 Å². The van der Waals surface area contributed by atoms with Crippen molar-refractivity contribution in [3.05, 3.63) is 42.2 Å². The third-order valence-electron chi connectivity index (χ3n) is 6.19. The molecule has 0 aliphatic carbocycles. The second-order valence-corrected chi connectivity index (χ2v) is 9.30. The highest BCUT2D eigenvalue weighted by Gasteiger charge is 2.06. The number of ether oxygens (including phenoxy) is 1. The zero-order valence-corrected chi connectivity index (χ0v) is 21.0. The topological polar surface area (TPSA) is 35.0 Å². The molecule has 1 aromatic heterocycles. The molecule has 1 heterocycles. The first-order valence-corrected chi connectivity index (χ1v) is 13.3. The molecule has 0 N–H and O–H groups in total. The predicted molar refractivity (Wildman–Crippen MR) is 137 cm³/mol. The zero-order valence-electron chi connectivity index (χ0n) is 21.0. The highest BCUT2D eigenvalue weighted by Crippen LogP contribution is 2.21. The molecule has 1 unspecified atom stereocenters. The van der Waals surface area contributed by atoms with E-state index in [9.17, 15) is 0 Å². The first-order chi connectivity index (χ1) is 15.7. The molecule has 2 aromatic rings. The summed E-state index contributed by atoms with van der Waals surface area (Å²) in [4.78, 5) is 9.20. The number of aromatic nitrogens is 2. The Morgan fingerprint density at radius 3 is 1.81 bits per heavy atom. The molecule has 0 aliphatic rings. The van der Waals surface area contributed by atoms with Crippen LogP contribution in [0.5, 0.6) is 5.75 Å². The summed E-state index contributed by atoms with van der Waals surface area (Å²) in [7, 11) is 0. The van der Waals surface area contributed by atoms with E-state index in [1.54, 1.807) is 0 Å². The van der Waals surface area contributed by atoms with E-state index >= 15 is 0 Å². The molecule has 3 nitrogen and oxygen atoms in total. The molecule has 0 saturated carbocycles. The quantitative estimate of drug-likeness (QED) is 0.218. The molecule has 178 valence electrons. The Kier molecular flexibility index (Phi) is 13.7. The highest BCUT2D eigenvalue weighted by atomic mass is 16.5. The summed E-state index contributed by atoms with van der Waals surface area (Å²) in [5, 5.41) is 0. The molecule has 0 fully saturated rings. The molecule has 0 amide bonds. The van der Waals surface area contributed by atoms with Crippen LogP contribution in [0.3, 0.4) is 0 Å². The lowest BCUT2D eigenvalue weighted by Crippen LogP contribution is -2.11. The molecule has 0 bridgehead atoms. The molecule has 1 atom stereocenters. The Bertz CT molecular complexity index is 696. The van der Waals surface area contributed by atoms with Crippen molar-refractivity contribution < 1.29 is 4.74 Å². The van der Waals surface area contributed by atoms with Crippen LogP contribution in [0.25, 0.3) is 11.4 Å². The van der Waals surface area contributed by atoms with Gasteiger partial charge in [-0.3, -0.25) is 0 Å². The molecular weight excluding hydrogens is 392 g/mol. The summed E-state index contributed by atoms with van der Waals surface area (Å²) in [5.74, 6) is 1.72. The standard InChI is InChI=1S/C29H46N2O/c1-4-6-8-10-12-14-16-18-26-23-30-29(31-24-26)27-19-21-28(22-20-27)32-25(3)17-15-13-11-9-7-5-2/h19-25H,4-18H2,1-3H3. The van der Waals surface area contributed by atoms with Gasteiger partial charge in [-0.15, -0.1) is 0 Å². The number of hydrogen-bond donors (Lipinski definition) is 0. The van der Waals surface area contributed by atoms with E-state index < -0.39 is 0 Å². The number of nitrogens with zero attached hydrogens (tertiary/aromatic N) is 2. The average Bonchev–Trinajstić information content (AvgIpc) is 2.82. The average molecular weight is 439 g/mol. The van der Waals surface area contributed by atoms with Crippen molar-refractivity contribution in [2.45, 2.75) is 123 Å². The fourth-order valence-electron chi connectivity index (χ4n) is 4.11. The molecule has 32 heavy (non-hydrogen) atoms. The minimum absolute atomic E-state index is 0.259. The van der Waals surface area contributed by atoms with Gasteiger partial charge in [-0.05, 0) is 62.4 Å². The van der Waals surface area contributed by atoms with Gasteiger partial charge in [-0.25, -0.2) is 9.97 Å². The molecule has 1 aromatic carbocycles. The van der Waals surface area contributed by atoms with Crippen molar-refractivity contribution in [1.29, 1.82) is 0 Å². The first-order valence-electron chi connectivity index (χ1n) is 13.3. The number of benzene rings is 1. The van der Waals surface area contributed by atoms with E-state index in [0.717, 1.165) is 30.0 Å². The van der Waals surface area contributed by atoms with Crippen LogP contribution in [-0.4, -0.2) is 16.1 Å². The Labute approximate surface area is 197 Å². The summed E-state index contributed by atoms with van der Waals surface area (Å²) in [5.41, 5.74) is 2.29. The third-order valence-corrected chi connectivity index (χ3v) is 6.19. The number of rotatable bonds is 18. The molecule has 3 heteroatoms. The lowest BCUT2D eigenvalue weighted by Gasteiger charge is -2.15. The molecule has 0 radical (unpaired) electrons. The maximum atomic E-state index is 6.10. The summed E-state index contributed by atoms with van der Waals surface area (Å²) >= 11 is 0. The molecular formula is C29H46N2O. The lowest BCUT2D eigenvalue weighted by atomic mass is 10.1. The van der Waals surface area contributed by atoms with Crippen LogP contribution < -0.4 is 4.74 Å². The summed E-state index contributed by atoms with van der Waals surface area (Å²) in [6, 6.07) is 8.22. The minimum Gasteiger partial charge on any atom is -0.491 e. The third kappa shape index (κ3) is 11.1. The highest BCUT2D eigenvalue weighted by molar-refractivity contribution is 5.55. The van der Waals surface area contributed by atoms with E-state index in [2.05, 4.69) is 42.9 Å².